The van der Waals surface area contributed by atoms with Gasteiger partial charge in [0.15, 0.2) is 0 Å². The molecule has 0 radical (unpaired) electrons. The average Bonchev–Trinajstić information content (AvgIpc) is 2.73. The van der Waals surface area contributed by atoms with Crippen LogP contribution < -0.4 is 5.32 Å². The van der Waals surface area contributed by atoms with E-state index in [4.69, 9.17) is 0 Å². The maximum atomic E-state index is 12.3. The summed E-state index contributed by atoms with van der Waals surface area (Å²) in [6.07, 6.45) is 0.911. The van der Waals surface area contributed by atoms with Crippen molar-refractivity contribution in [1.29, 1.82) is 0 Å². The quantitative estimate of drug-likeness (QED) is 0.734. The van der Waals surface area contributed by atoms with Gasteiger partial charge in [-0.3, -0.25) is 0 Å². The summed E-state index contributed by atoms with van der Waals surface area (Å²) >= 11 is 0. The highest BCUT2D eigenvalue weighted by molar-refractivity contribution is 7.86. The van der Waals surface area contributed by atoms with Gasteiger partial charge in [-0.25, -0.2) is 0 Å². The zero-order valence-corrected chi connectivity index (χ0v) is 11.3. The van der Waals surface area contributed by atoms with E-state index in [-0.39, 0.29) is 6.04 Å². The van der Waals surface area contributed by atoms with Crippen LogP contribution in [0, 0.1) is 0 Å². The standard InChI is InChI=1S/C10H23N3O2S/c1-4-12(5-2)16(14,15)13(6-3)10-7-8-11-9-10/h10-11H,4-9H2,1-3H3. The molecule has 5 nitrogen and oxygen atoms in total. The Labute approximate surface area is 99.0 Å². The number of nitrogens with one attached hydrogen (secondary N) is 1. The molecule has 0 bridgehead atoms. The Morgan fingerprint density at radius 3 is 2.19 bits per heavy atom. The SMILES string of the molecule is CCN(CC)S(=O)(=O)N(CC)C1CCNC1. The van der Waals surface area contributed by atoms with Crippen molar-refractivity contribution in [2.75, 3.05) is 32.7 Å². The second-order valence-corrected chi connectivity index (χ2v) is 5.82. The van der Waals surface area contributed by atoms with Gasteiger partial charge in [-0.2, -0.15) is 17.0 Å². The van der Waals surface area contributed by atoms with E-state index < -0.39 is 10.2 Å². The van der Waals surface area contributed by atoms with Gasteiger partial charge in [0, 0.05) is 32.2 Å². The van der Waals surface area contributed by atoms with Crippen molar-refractivity contribution >= 4 is 10.2 Å². The molecule has 0 saturated carbocycles. The summed E-state index contributed by atoms with van der Waals surface area (Å²) in [5.41, 5.74) is 0. The van der Waals surface area contributed by atoms with E-state index in [0.717, 1.165) is 19.5 Å². The van der Waals surface area contributed by atoms with Crippen LogP contribution in [0.1, 0.15) is 27.2 Å². The van der Waals surface area contributed by atoms with Crippen molar-refractivity contribution in [3.05, 3.63) is 0 Å². The molecule has 0 amide bonds. The minimum Gasteiger partial charge on any atom is -0.315 e. The van der Waals surface area contributed by atoms with Gasteiger partial charge in [-0.05, 0) is 13.0 Å². The van der Waals surface area contributed by atoms with E-state index in [1.165, 1.54) is 4.31 Å². The predicted molar refractivity (Wildman–Crippen MR) is 65.5 cm³/mol. The highest BCUT2D eigenvalue weighted by atomic mass is 32.2. The van der Waals surface area contributed by atoms with Crippen LogP contribution in [0.25, 0.3) is 0 Å². The van der Waals surface area contributed by atoms with Gasteiger partial charge in [0.2, 0.25) is 0 Å². The second-order valence-electron chi connectivity index (χ2n) is 3.94. The molecule has 1 heterocycles. The number of nitrogens with zero attached hydrogens (tertiary/aromatic N) is 2. The summed E-state index contributed by atoms with van der Waals surface area (Å²) in [6, 6.07) is 0.121. The monoisotopic (exact) mass is 249 g/mol. The van der Waals surface area contributed by atoms with E-state index in [0.29, 0.717) is 19.6 Å². The molecule has 6 heteroatoms. The van der Waals surface area contributed by atoms with E-state index in [2.05, 4.69) is 5.32 Å². The molecule has 0 aromatic carbocycles. The van der Waals surface area contributed by atoms with Crippen LogP contribution in [0.3, 0.4) is 0 Å². The molecular weight excluding hydrogens is 226 g/mol. The van der Waals surface area contributed by atoms with E-state index >= 15 is 0 Å². The Hall–Kier alpha value is -0.170. The highest BCUT2D eigenvalue weighted by Gasteiger charge is 2.33. The Balaban J connectivity index is 2.84. The first-order chi connectivity index (χ1) is 7.57. The number of hydrogen-bond donors (Lipinski definition) is 1. The lowest BCUT2D eigenvalue weighted by Gasteiger charge is -2.31. The van der Waals surface area contributed by atoms with Crippen molar-refractivity contribution in [1.82, 2.24) is 13.9 Å². The topological polar surface area (TPSA) is 52.7 Å². The van der Waals surface area contributed by atoms with Crippen LogP contribution in [-0.2, 0) is 10.2 Å². The fourth-order valence-corrected chi connectivity index (χ4v) is 4.03. The molecule has 1 atom stereocenters. The molecule has 1 unspecified atom stereocenters. The van der Waals surface area contributed by atoms with Crippen molar-refractivity contribution < 1.29 is 8.42 Å². The molecular formula is C10H23N3O2S. The predicted octanol–water partition coefficient (Wildman–Crippen LogP) is 0.257. The maximum absolute atomic E-state index is 12.3. The van der Waals surface area contributed by atoms with Gasteiger partial charge in [-0.15, -0.1) is 0 Å². The molecule has 1 N–H and O–H groups in total. The third kappa shape index (κ3) is 2.74. The Morgan fingerprint density at radius 2 is 1.81 bits per heavy atom. The van der Waals surface area contributed by atoms with Crippen LogP contribution in [-0.4, -0.2) is 55.8 Å². The van der Waals surface area contributed by atoms with E-state index in [9.17, 15) is 8.42 Å². The summed E-state index contributed by atoms with van der Waals surface area (Å²) in [5.74, 6) is 0. The molecule has 1 rings (SSSR count). The van der Waals surface area contributed by atoms with E-state index in [1.807, 2.05) is 20.8 Å². The van der Waals surface area contributed by atoms with Crippen LogP contribution in [0.2, 0.25) is 0 Å². The summed E-state index contributed by atoms with van der Waals surface area (Å²) in [6.45, 7) is 8.96. The second kappa shape index (κ2) is 5.95. The summed E-state index contributed by atoms with van der Waals surface area (Å²) in [4.78, 5) is 0. The van der Waals surface area contributed by atoms with Gasteiger partial charge in [0.25, 0.3) is 10.2 Å². The molecule has 1 aliphatic rings. The first kappa shape index (κ1) is 13.9. The van der Waals surface area contributed by atoms with Gasteiger partial charge < -0.3 is 5.32 Å². The number of rotatable bonds is 6. The molecule has 1 aliphatic heterocycles. The van der Waals surface area contributed by atoms with Gasteiger partial charge in [0.05, 0.1) is 0 Å². The minimum atomic E-state index is -3.27. The highest BCUT2D eigenvalue weighted by Crippen LogP contribution is 2.16. The smallest absolute Gasteiger partial charge is 0.282 e. The molecule has 0 aromatic heterocycles. The Morgan fingerprint density at radius 1 is 1.19 bits per heavy atom. The zero-order chi connectivity index (χ0) is 12.2. The first-order valence-electron chi connectivity index (χ1n) is 6.05. The normalized spacial score (nSPS) is 22.2. The molecule has 96 valence electrons. The molecule has 0 aliphatic carbocycles. The zero-order valence-electron chi connectivity index (χ0n) is 10.4. The van der Waals surface area contributed by atoms with E-state index in [1.54, 1.807) is 4.31 Å². The van der Waals surface area contributed by atoms with Crippen LogP contribution >= 0.6 is 0 Å². The third-order valence-electron chi connectivity index (χ3n) is 3.08. The molecule has 0 aromatic rings. The van der Waals surface area contributed by atoms with Crippen molar-refractivity contribution in [3.8, 4) is 0 Å². The van der Waals surface area contributed by atoms with Gasteiger partial charge in [-0.1, -0.05) is 20.8 Å². The molecule has 1 fully saturated rings. The summed E-state index contributed by atoms with van der Waals surface area (Å²) in [5, 5.41) is 3.21. The summed E-state index contributed by atoms with van der Waals surface area (Å²) in [7, 11) is -3.27. The van der Waals surface area contributed by atoms with Crippen LogP contribution in [0.15, 0.2) is 0 Å². The lowest BCUT2D eigenvalue weighted by atomic mass is 10.3. The largest absolute Gasteiger partial charge is 0.315 e. The lowest BCUT2D eigenvalue weighted by molar-refractivity contribution is 0.308. The number of likely N-dealkylation sites (N-methyl/N-ethyl adjacent to an activating group) is 1. The van der Waals surface area contributed by atoms with Gasteiger partial charge in [0.1, 0.15) is 0 Å². The molecule has 0 spiro atoms. The lowest BCUT2D eigenvalue weighted by Crippen LogP contribution is -2.49. The van der Waals surface area contributed by atoms with Crippen molar-refractivity contribution in [3.63, 3.8) is 0 Å². The minimum absolute atomic E-state index is 0.121. The maximum Gasteiger partial charge on any atom is 0.282 e. The fourth-order valence-electron chi connectivity index (χ4n) is 2.19. The fraction of sp³-hybridized carbons (Fsp3) is 1.00. The van der Waals surface area contributed by atoms with Crippen LogP contribution in [0.5, 0.6) is 0 Å². The third-order valence-corrected chi connectivity index (χ3v) is 5.40. The molecule has 16 heavy (non-hydrogen) atoms. The van der Waals surface area contributed by atoms with Crippen molar-refractivity contribution in [2.45, 2.75) is 33.2 Å². The first-order valence-corrected chi connectivity index (χ1v) is 7.45. The Kier molecular flexibility index (Phi) is 5.17. The molecule has 1 saturated heterocycles. The van der Waals surface area contributed by atoms with Crippen molar-refractivity contribution in [2.24, 2.45) is 0 Å². The van der Waals surface area contributed by atoms with Crippen LogP contribution in [0.4, 0.5) is 0 Å². The van der Waals surface area contributed by atoms with Gasteiger partial charge >= 0.3 is 0 Å². The summed E-state index contributed by atoms with van der Waals surface area (Å²) < 4.78 is 27.8. The average molecular weight is 249 g/mol. The number of hydrogen-bond acceptors (Lipinski definition) is 3. The Bertz CT molecular complexity index is 295.